The van der Waals surface area contributed by atoms with Crippen LogP contribution in [0.3, 0.4) is 0 Å². The van der Waals surface area contributed by atoms with Crippen molar-refractivity contribution >= 4 is 11.6 Å². The van der Waals surface area contributed by atoms with Gasteiger partial charge in [-0.05, 0) is 23.3 Å². The summed E-state index contributed by atoms with van der Waals surface area (Å²) in [6, 6.07) is 16.5. The van der Waals surface area contributed by atoms with Gasteiger partial charge in [0.25, 0.3) is 0 Å². The van der Waals surface area contributed by atoms with E-state index in [0.717, 1.165) is 11.1 Å². The fraction of sp³-hybridized carbons (Fsp3) is 0.278. The number of carbonyl (C=O) groups excluding carboxylic acids is 1. The Hall–Kier alpha value is -2.73. The number of rotatable bonds is 7. The van der Waals surface area contributed by atoms with E-state index in [2.05, 4.69) is 5.32 Å². The van der Waals surface area contributed by atoms with Crippen molar-refractivity contribution in [2.45, 2.75) is 25.7 Å². The molecule has 6 nitrogen and oxygen atoms in total. The van der Waals surface area contributed by atoms with Crippen LogP contribution in [0.4, 0.5) is 5.69 Å². The Morgan fingerprint density at radius 2 is 1.71 bits per heavy atom. The summed E-state index contributed by atoms with van der Waals surface area (Å²) in [6.45, 7) is 1.03. The average Bonchev–Trinajstić information content (AvgIpc) is 3.38. The van der Waals surface area contributed by atoms with Crippen LogP contribution in [0.2, 0.25) is 0 Å². The first-order valence-electron chi connectivity index (χ1n) is 7.78. The van der Waals surface area contributed by atoms with Crippen LogP contribution in [0, 0.1) is 16.0 Å². The number of hydrogen-bond acceptors (Lipinski definition) is 4. The summed E-state index contributed by atoms with van der Waals surface area (Å²) in [5.74, 6) is -0.793. The van der Waals surface area contributed by atoms with Gasteiger partial charge in [0.2, 0.25) is 11.9 Å². The molecule has 6 heteroatoms. The maximum absolute atomic E-state index is 11.9. The van der Waals surface area contributed by atoms with Gasteiger partial charge in [-0.1, -0.05) is 42.5 Å². The average molecular weight is 326 g/mol. The zero-order valence-electron chi connectivity index (χ0n) is 13.1. The van der Waals surface area contributed by atoms with Crippen molar-refractivity contribution in [2.75, 3.05) is 5.32 Å². The molecule has 2 aromatic rings. The Kier molecular flexibility index (Phi) is 4.86. The Balaban J connectivity index is 1.45. The zero-order chi connectivity index (χ0) is 16.9. The number of anilines is 1. The molecule has 0 bridgehead atoms. The number of amides is 1. The van der Waals surface area contributed by atoms with Crippen molar-refractivity contribution in [1.29, 1.82) is 0 Å². The first-order chi connectivity index (χ1) is 11.6. The molecule has 1 saturated carbocycles. The summed E-state index contributed by atoms with van der Waals surface area (Å²) in [6.07, 6.45) is 0.324. The van der Waals surface area contributed by atoms with Gasteiger partial charge in [-0.25, -0.2) is 0 Å². The quantitative estimate of drug-likeness (QED) is 0.626. The molecule has 0 saturated heterocycles. The van der Waals surface area contributed by atoms with Crippen LogP contribution in [0.1, 0.15) is 17.5 Å². The molecule has 1 N–H and O–H groups in total. The molecule has 1 amide bonds. The van der Waals surface area contributed by atoms with Crippen LogP contribution in [0.5, 0.6) is 0 Å². The topological polar surface area (TPSA) is 81.5 Å². The SMILES string of the molecule is O=C(Nc1ccc(COCc2ccccc2)cc1)[C@H]1C[C@H]1[N+](=O)[O-]. The zero-order valence-corrected chi connectivity index (χ0v) is 13.1. The third-order valence-electron chi connectivity index (χ3n) is 3.97. The molecule has 0 unspecified atom stereocenters. The van der Waals surface area contributed by atoms with Gasteiger partial charge in [0, 0.05) is 17.0 Å². The molecule has 1 aliphatic rings. The van der Waals surface area contributed by atoms with E-state index in [0.29, 0.717) is 25.3 Å². The van der Waals surface area contributed by atoms with E-state index in [9.17, 15) is 14.9 Å². The molecular formula is C18H18N2O4. The second-order valence-electron chi connectivity index (χ2n) is 5.86. The number of benzene rings is 2. The number of ether oxygens (including phenoxy) is 1. The van der Waals surface area contributed by atoms with E-state index in [1.165, 1.54) is 0 Å². The third-order valence-corrected chi connectivity index (χ3v) is 3.97. The summed E-state index contributed by atoms with van der Waals surface area (Å²) in [7, 11) is 0. The van der Waals surface area contributed by atoms with E-state index in [1.54, 1.807) is 12.1 Å². The van der Waals surface area contributed by atoms with Gasteiger partial charge in [0.15, 0.2) is 0 Å². The number of hydrogen-bond donors (Lipinski definition) is 1. The van der Waals surface area contributed by atoms with Crippen LogP contribution in [-0.2, 0) is 22.7 Å². The molecule has 0 spiro atoms. The lowest BCUT2D eigenvalue weighted by atomic mass is 10.2. The molecule has 24 heavy (non-hydrogen) atoms. The van der Waals surface area contributed by atoms with Gasteiger partial charge >= 0.3 is 0 Å². The van der Waals surface area contributed by atoms with Crippen LogP contribution in [0.15, 0.2) is 54.6 Å². The van der Waals surface area contributed by atoms with Gasteiger partial charge < -0.3 is 10.1 Å². The molecule has 124 valence electrons. The monoisotopic (exact) mass is 326 g/mol. The lowest BCUT2D eigenvalue weighted by Gasteiger charge is -2.07. The Morgan fingerprint density at radius 3 is 2.29 bits per heavy atom. The van der Waals surface area contributed by atoms with Gasteiger partial charge in [-0.2, -0.15) is 0 Å². The Morgan fingerprint density at radius 1 is 1.08 bits per heavy atom. The normalized spacial score (nSPS) is 18.8. The number of nitrogens with one attached hydrogen (secondary N) is 1. The van der Waals surface area contributed by atoms with E-state index in [4.69, 9.17) is 4.74 Å². The predicted octanol–water partition coefficient (Wildman–Crippen LogP) is 3.01. The minimum Gasteiger partial charge on any atom is -0.372 e. The van der Waals surface area contributed by atoms with E-state index in [1.807, 2.05) is 42.5 Å². The fourth-order valence-corrected chi connectivity index (χ4v) is 2.48. The number of carbonyl (C=O) groups is 1. The summed E-state index contributed by atoms with van der Waals surface area (Å²) < 4.78 is 5.65. The largest absolute Gasteiger partial charge is 0.372 e. The van der Waals surface area contributed by atoms with E-state index >= 15 is 0 Å². The van der Waals surface area contributed by atoms with Crippen LogP contribution in [-0.4, -0.2) is 16.9 Å². The molecule has 2 aromatic carbocycles. The van der Waals surface area contributed by atoms with Gasteiger partial charge in [0.1, 0.15) is 5.92 Å². The lowest BCUT2D eigenvalue weighted by Crippen LogP contribution is -2.18. The molecule has 1 aliphatic carbocycles. The van der Waals surface area contributed by atoms with E-state index in [-0.39, 0.29) is 5.91 Å². The molecule has 0 aromatic heterocycles. The Bertz CT molecular complexity index is 716. The van der Waals surface area contributed by atoms with Gasteiger partial charge in [-0.15, -0.1) is 0 Å². The van der Waals surface area contributed by atoms with Crippen molar-refractivity contribution in [3.8, 4) is 0 Å². The van der Waals surface area contributed by atoms with Crippen molar-refractivity contribution in [2.24, 2.45) is 5.92 Å². The number of nitrogens with zero attached hydrogens (tertiary/aromatic N) is 1. The minimum atomic E-state index is -0.726. The van der Waals surface area contributed by atoms with Crippen LogP contribution >= 0.6 is 0 Å². The molecule has 2 atom stereocenters. The molecular weight excluding hydrogens is 308 g/mol. The van der Waals surface area contributed by atoms with E-state index < -0.39 is 16.9 Å². The first-order valence-corrected chi connectivity index (χ1v) is 7.78. The second-order valence-corrected chi connectivity index (χ2v) is 5.86. The molecule has 0 aliphatic heterocycles. The summed E-state index contributed by atoms with van der Waals surface area (Å²) >= 11 is 0. The number of nitro groups is 1. The van der Waals surface area contributed by atoms with Gasteiger partial charge in [-0.3, -0.25) is 14.9 Å². The Labute approximate surface area is 139 Å². The third kappa shape index (κ3) is 4.17. The maximum Gasteiger partial charge on any atom is 0.234 e. The smallest absolute Gasteiger partial charge is 0.234 e. The molecule has 0 heterocycles. The molecule has 3 rings (SSSR count). The highest BCUT2D eigenvalue weighted by Gasteiger charge is 2.53. The van der Waals surface area contributed by atoms with Crippen LogP contribution in [0.25, 0.3) is 0 Å². The van der Waals surface area contributed by atoms with Crippen molar-refractivity contribution < 1.29 is 14.5 Å². The maximum atomic E-state index is 11.9. The first kappa shape index (κ1) is 16.1. The van der Waals surface area contributed by atoms with Gasteiger partial charge in [0.05, 0.1) is 13.2 Å². The highest BCUT2D eigenvalue weighted by atomic mass is 16.6. The summed E-state index contributed by atoms with van der Waals surface area (Å²) in [4.78, 5) is 22.1. The predicted molar refractivity (Wildman–Crippen MR) is 88.9 cm³/mol. The lowest BCUT2D eigenvalue weighted by molar-refractivity contribution is -0.497. The second kappa shape index (κ2) is 7.23. The van der Waals surface area contributed by atoms with Crippen molar-refractivity contribution in [3.63, 3.8) is 0 Å². The summed E-state index contributed by atoms with van der Waals surface area (Å²) in [5.41, 5.74) is 2.76. The fourth-order valence-electron chi connectivity index (χ4n) is 2.48. The van der Waals surface area contributed by atoms with Crippen LogP contribution < -0.4 is 5.32 Å². The molecule has 1 fully saturated rings. The minimum absolute atomic E-state index is 0.287. The highest BCUT2D eigenvalue weighted by Crippen LogP contribution is 2.34. The van der Waals surface area contributed by atoms with Crippen molar-refractivity contribution in [1.82, 2.24) is 0 Å². The standard InChI is InChI=1S/C18H18N2O4/c21-18(16-10-17(16)20(22)23)19-15-8-6-14(7-9-15)12-24-11-13-4-2-1-3-5-13/h1-9,16-17H,10-12H2,(H,19,21)/t16-,17+/m0/s1. The summed E-state index contributed by atoms with van der Waals surface area (Å²) in [5, 5.41) is 13.3. The molecule has 0 radical (unpaired) electrons. The van der Waals surface area contributed by atoms with Crippen molar-refractivity contribution in [3.05, 3.63) is 75.8 Å². The highest BCUT2D eigenvalue weighted by molar-refractivity contribution is 5.94.